The average molecular weight is 356 g/mol. The van der Waals surface area contributed by atoms with Crippen LogP contribution in [0.15, 0.2) is 53.1 Å². The number of halogens is 2. The number of carbonyl (C=O) groups excluding carboxylic acids is 2. The number of Topliss-reactive ketones (excluding diaryl/α,β-unsaturated/α-hetero) is 1. The van der Waals surface area contributed by atoms with E-state index in [0.29, 0.717) is 5.56 Å². The predicted octanol–water partition coefficient (Wildman–Crippen LogP) is 3.40. The second-order valence-corrected chi connectivity index (χ2v) is 5.52. The van der Waals surface area contributed by atoms with Crippen molar-refractivity contribution >= 4 is 11.7 Å². The Balaban J connectivity index is 1.96. The summed E-state index contributed by atoms with van der Waals surface area (Å²) in [7, 11) is 1.44. The van der Waals surface area contributed by atoms with Gasteiger partial charge >= 0.3 is 0 Å². The maximum Gasteiger partial charge on any atom is 0.256 e. The molecule has 0 fully saturated rings. The second-order valence-electron chi connectivity index (χ2n) is 5.52. The molecule has 3 aromatic rings. The SMILES string of the molecule is CNC(=O)c1c(-c2ccc(F)cc2)noc1CC(=O)c1ccc(F)cc1. The lowest BCUT2D eigenvalue weighted by Gasteiger charge is -2.04. The summed E-state index contributed by atoms with van der Waals surface area (Å²) in [5.41, 5.74) is 1.09. The number of carbonyl (C=O) groups is 2. The molecule has 1 heterocycles. The summed E-state index contributed by atoms with van der Waals surface area (Å²) in [5, 5.41) is 6.35. The molecule has 0 unspecified atom stereocenters. The van der Waals surface area contributed by atoms with Crippen LogP contribution in [-0.2, 0) is 6.42 Å². The normalized spacial score (nSPS) is 10.6. The number of rotatable bonds is 5. The van der Waals surface area contributed by atoms with Gasteiger partial charge < -0.3 is 9.84 Å². The second kappa shape index (κ2) is 7.26. The van der Waals surface area contributed by atoms with E-state index in [1.165, 1.54) is 55.6 Å². The molecule has 0 aliphatic rings. The van der Waals surface area contributed by atoms with Crippen LogP contribution < -0.4 is 5.32 Å². The molecule has 1 aromatic heterocycles. The third kappa shape index (κ3) is 3.51. The van der Waals surface area contributed by atoms with E-state index in [1.807, 2.05) is 0 Å². The van der Waals surface area contributed by atoms with Crippen molar-refractivity contribution in [3.05, 3.63) is 77.1 Å². The van der Waals surface area contributed by atoms with Gasteiger partial charge in [0.05, 0.1) is 6.42 Å². The third-order valence-corrected chi connectivity index (χ3v) is 3.82. The summed E-state index contributed by atoms with van der Waals surface area (Å²) in [6.45, 7) is 0. The van der Waals surface area contributed by atoms with Gasteiger partial charge in [-0.2, -0.15) is 0 Å². The number of nitrogens with zero attached hydrogens (tertiary/aromatic N) is 1. The first kappa shape index (κ1) is 17.5. The highest BCUT2D eigenvalue weighted by Gasteiger charge is 2.25. The van der Waals surface area contributed by atoms with Gasteiger partial charge in [0.1, 0.15) is 22.9 Å². The topological polar surface area (TPSA) is 72.2 Å². The lowest BCUT2D eigenvalue weighted by Crippen LogP contribution is -2.20. The van der Waals surface area contributed by atoms with Crippen LogP contribution in [0.4, 0.5) is 8.78 Å². The molecule has 0 bridgehead atoms. The Hall–Kier alpha value is -3.35. The highest BCUT2D eigenvalue weighted by atomic mass is 19.1. The number of hydrogen-bond donors (Lipinski definition) is 1. The zero-order chi connectivity index (χ0) is 18.7. The van der Waals surface area contributed by atoms with Gasteiger partial charge in [-0.25, -0.2) is 8.78 Å². The number of ketones is 1. The first-order valence-corrected chi connectivity index (χ1v) is 7.75. The van der Waals surface area contributed by atoms with Crippen LogP contribution in [0.2, 0.25) is 0 Å². The molecule has 0 saturated carbocycles. The Labute approximate surface area is 147 Å². The van der Waals surface area contributed by atoms with Gasteiger partial charge in [0.25, 0.3) is 5.91 Å². The Morgan fingerprint density at radius 3 is 2.15 bits per heavy atom. The Morgan fingerprint density at radius 2 is 1.58 bits per heavy atom. The molecule has 0 saturated heterocycles. The van der Waals surface area contributed by atoms with Crippen molar-refractivity contribution in [3.63, 3.8) is 0 Å². The smallest absolute Gasteiger partial charge is 0.256 e. The maximum absolute atomic E-state index is 13.1. The lowest BCUT2D eigenvalue weighted by atomic mass is 10.0. The van der Waals surface area contributed by atoms with Crippen LogP contribution in [0.25, 0.3) is 11.3 Å². The molecule has 0 atom stereocenters. The molecule has 5 nitrogen and oxygen atoms in total. The summed E-state index contributed by atoms with van der Waals surface area (Å²) in [4.78, 5) is 24.7. The predicted molar refractivity (Wildman–Crippen MR) is 89.7 cm³/mol. The van der Waals surface area contributed by atoms with E-state index in [0.717, 1.165) is 0 Å². The molecule has 2 aromatic carbocycles. The number of benzene rings is 2. The number of aromatic nitrogens is 1. The van der Waals surface area contributed by atoms with Gasteiger partial charge in [0, 0.05) is 18.2 Å². The standard InChI is InChI=1S/C19H14F2N2O3/c1-22-19(25)17-16(10-15(24)11-2-6-13(20)7-3-11)26-23-18(17)12-4-8-14(21)9-5-12/h2-9H,10H2,1H3,(H,22,25). The fourth-order valence-electron chi connectivity index (χ4n) is 2.49. The maximum atomic E-state index is 13.1. The number of nitrogens with one attached hydrogen (secondary N) is 1. The van der Waals surface area contributed by atoms with E-state index < -0.39 is 17.5 Å². The molecule has 1 amide bonds. The van der Waals surface area contributed by atoms with Gasteiger partial charge in [-0.1, -0.05) is 5.16 Å². The number of hydrogen-bond acceptors (Lipinski definition) is 4. The van der Waals surface area contributed by atoms with Crippen molar-refractivity contribution in [2.24, 2.45) is 0 Å². The third-order valence-electron chi connectivity index (χ3n) is 3.82. The molecule has 26 heavy (non-hydrogen) atoms. The van der Waals surface area contributed by atoms with Crippen molar-refractivity contribution in [2.45, 2.75) is 6.42 Å². The molecule has 0 aliphatic carbocycles. The van der Waals surface area contributed by atoms with E-state index >= 15 is 0 Å². The first-order valence-electron chi connectivity index (χ1n) is 7.75. The quantitative estimate of drug-likeness (QED) is 0.711. The van der Waals surface area contributed by atoms with Crippen molar-refractivity contribution in [3.8, 4) is 11.3 Å². The van der Waals surface area contributed by atoms with Crippen LogP contribution in [0, 0.1) is 11.6 Å². The minimum absolute atomic E-state index is 0.0815. The highest BCUT2D eigenvalue weighted by molar-refractivity contribution is 6.03. The monoisotopic (exact) mass is 356 g/mol. The first-order chi connectivity index (χ1) is 12.5. The molecule has 0 radical (unpaired) electrons. The average Bonchev–Trinajstić information content (AvgIpc) is 3.05. The van der Waals surface area contributed by atoms with E-state index in [-0.39, 0.29) is 34.8 Å². The lowest BCUT2D eigenvalue weighted by molar-refractivity contribution is 0.0960. The highest BCUT2D eigenvalue weighted by Crippen LogP contribution is 2.27. The molecule has 0 aliphatic heterocycles. The van der Waals surface area contributed by atoms with Crippen LogP contribution in [0.1, 0.15) is 26.5 Å². The van der Waals surface area contributed by atoms with Crippen molar-refractivity contribution in [1.29, 1.82) is 0 Å². The molecular formula is C19H14F2N2O3. The summed E-state index contributed by atoms with van der Waals surface area (Å²) < 4.78 is 31.3. The molecule has 1 N–H and O–H groups in total. The Bertz CT molecular complexity index is 948. The Morgan fingerprint density at radius 1 is 1.00 bits per heavy atom. The zero-order valence-corrected chi connectivity index (χ0v) is 13.8. The van der Waals surface area contributed by atoms with Crippen LogP contribution in [0.3, 0.4) is 0 Å². The zero-order valence-electron chi connectivity index (χ0n) is 13.8. The van der Waals surface area contributed by atoms with Crippen LogP contribution in [-0.4, -0.2) is 23.9 Å². The van der Waals surface area contributed by atoms with E-state index in [1.54, 1.807) is 0 Å². The van der Waals surface area contributed by atoms with Gasteiger partial charge in [0.2, 0.25) is 0 Å². The largest absolute Gasteiger partial charge is 0.359 e. The molecule has 132 valence electrons. The van der Waals surface area contributed by atoms with Gasteiger partial charge in [-0.15, -0.1) is 0 Å². The fourth-order valence-corrected chi connectivity index (χ4v) is 2.49. The van der Waals surface area contributed by atoms with Crippen LogP contribution in [0.5, 0.6) is 0 Å². The van der Waals surface area contributed by atoms with Crippen LogP contribution >= 0.6 is 0 Å². The van der Waals surface area contributed by atoms with E-state index in [2.05, 4.69) is 10.5 Å². The van der Waals surface area contributed by atoms with Gasteiger partial charge in [-0.3, -0.25) is 9.59 Å². The van der Waals surface area contributed by atoms with E-state index in [9.17, 15) is 18.4 Å². The van der Waals surface area contributed by atoms with E-state index in [4.69, 9.17) is 4.52 Å². The minimum atomic E-state index is -0.479. The molecule has 7 heteroatoms. The van der Waals surface area contributed by atoms with Gasteiger partial charge in [-0.05, 0) is 48.5 Å². The summed E-state index contributed by atoms with van der Waals surface area (Å²) in [6, 6.07) is 10.5. The summed E-state index contributed by atoms with van der Waals surface area (Å²) in [6.07, 6.45) is -0.220. The summed E-state index contributed by atoms with van der Waals surface area (Å²) >= 11 is 0. The molecular weight excluding hydrogens is 342 g/mol. The number of amides is 1. The summed E-state index contributed by atoms with van der Waals surface area (Å²) in [5.74, 6) is -1.63. The Kier molecular flexibility index (Phi) is 4.88. The molecule has 0 spiro atoms. The molecule has 3 rings (SSSR count). The van der Waals surface area contributed by atoms with Gasteiger partial charge in [0.15, 0.2) is 11.5 Å². The fraction of sp³-hybridized carbons (Fsp3) is 0.105. The van der Waals surface area contributed by atoms with Crippen molar-refractivity contribution in [1.82, 2.24) is 10.5 Å². The van der Waals surface area contributed by atoms with Crippen molar-refractivity contribution in [2.75, 3.05) is 7.05 Å². The minimum Gasteiger partial charge on any atom is -0.359 e. The van der Waals surface area contributed by atoms with Crippen molar-refractivity contribution < 1.29 is 22.9 Å².